The Morgan fingerprint density at radius 3 is 2.52 bits per heavy atom. The number of aromatic nitrogens is 2. The van der Waals surface area contributed by atoms with Gasteiger partial charge in [0, 0.05) is 24.4 Å². The van der Waals surface area contributed by atoms with E-state index in [-0.39, 0.29) is 0 Å². The Labute approximate surface area is 186 Å². The van der Waals surface area contributed by atoms with Crippen LogP contribution in [0.3, 0.4) is 0 Å². The monoisotopic (exact) mass is 420 g/mol. The molecule has 31 heavy (non-hydrogen) atoms. The molecule has 0 atom stereocenters. The summed E-state index contributed by atoms with van der Waals surface area (Å²) in [5.41, 5.74) is 12.3. The third kappa shape index (κ3) is 5.56. The molecule has 166 valence electrons. The lowest BCUT2D eigenvalue weighted by Gasteiger charge is -2.23. The molecule has 0 saturated heterocycles. The first-order valence-corrected chi connectivity index (χ1v) is 11.7. The number of aryl methyl sites for hydroxylation is 1. The second-order valence-electron chi connectivity index (χ2n) is 9.20. The van der Waals surface area contributed by atoms with Crippen LogP contribution in [0.4, 0.5) is 5.82 Å². The quantitative estimate of drug-likeness (QED) is 0.435. The molecule has 5 N–H and O–H groups in total. The molecule has 2 fully saturated rings. The van der Waals surface area contributed by atoms with Gasteiger partial charge in [0.05, 0.1) is 23.6 Å². The van der Waals surface area contributed by atoms with Crippen molar-refractivity contribution < 1.29 is 0 Å². The fourth-order valence-corrected chi connectivity index (χ4v) is 4.55. The molecule has 2 aliphatic carbocycles. The number of anilines is 1. The Hall–Kier alpha value is -2.60. The summed E-state index contributed by atoms with van der Waals surface area (Å²) in [7, 11) is 1.81. The predicted molar refractivity (Wildman–Crippen MR) is 127 cm³/mol. The van der Waals surface area contributed by atoms with Crippen molar-refractivity contribution in [1.29, 1.82) is 0 Å². The molecule has 2 heterocycles. The van der Waals surface area contributed by atoms with E-state index in [0.717, 1.165) is 40.9 Å². The van der Waals surface area contributed by atoms with E-state index in [1.54, 1.807) is 5.01 Å². The van der Waals surface area contributed by atoms with E-state index in [9.17, 15) is 0 Å². The lowest BCUT2D eigenvalue weighted by atomic mass is 9.84. The van der Waals surface area contributed by atoms with Gasteiger partial charge in [0.1, 0.15) is 5.82 Å². The van der Waals surface area contributed by atoms with Gasteiger partial charge in [0.25, 0.3) is 0 Å². The number of nitrogens with one attached hydrogen (secondary N) is 1. The number of hydrazine groups is 1. The van der Waals surface area contributed by atoms with Gasteiger partial charge in [-0.25, -0.2) is 10.8 Å². The van der Waals surface area contributed by atoms with Gasteiger partial charge in [-0.2, -0.15) is 0 Å². The molecule has 0 aromatic carbocycles. The van der Waals surface area contributed by atoms with Crippen molar-refractivity contribution in [2.24, 2.45) is 17.5 Å². The Morgan fingerprint density at radius 2 is 1.84 bits per heavy atom. The van der Waals surface area contributed by atoms with Crippen LogP contribution in [0.25, 0.3) is 5.70 Å². The SMILES string of the molecule is Cc1nc(/C(N)=C(\CNc2cccc(C3CC3)n2)N(C)N)ccc1CC1CCCCC1. The minimum Gasteiger partial charge on any atom is -0.395 e. The maximum Gasteiger partial charge on any atom is 0.126 e. The number of rotatable bonds is 8. The van der Waals surface area contributed by atoms with Gasteiger partial charge in [-0.05, 0) is 55.9 Å². The molecule has 0 bridgehead atoms. The van der Waals surface area contributed by atoms with Crippen LogP contribution in [0.15, 0.2) is 36.0 Å². The van der Waals surface area contributed by atoms with Crippen LogP contribution in [0.5, 0.6) is 0 Å². The largest absolute Gasteiger partial charge is 0.395 e. The number of nitrogens with two attached hydrogens (primary N) is 2. The van der Waals surface area contributed by atoms with Crippen molar-refractivity contribution >= 4 is 11.5 Å². The summed E-state index contributed by atoms with van der Waals surface area (Å²) in [6, 6.07) is 10.4. The maximum absolute atomic E-state index is 6.53. The van der Waals surface area contributed by atoms with Crippen molar-refractivity contribution in [3.63, 3.8) is 0 Å². The van der Waals surface area contributed by atoms with Gasteiger partial charge in [-0.1, -0.05) is 44.2 Å². The molecular formula is C25H36N6. The molecule has 2 saturated carbocycles. The third-order valence-electron chi connectivity index (χ3n) is 6.64. The summed E-state index contributed by atoms with van der Waals surface area (Å²) in [6.45, 7) is 2.58. The highest BCUT2D eigenvalue weighted by Gasteiger charge is 2.25. The van der Waals surface area contributed by atoms with Crippen molar-refractivity contribution in [2.75, 3.05) is 18.9 Å². The molecule has 2 aromatic heterocycles. The molecule has 0 amide bonds. The number of nitrogens with zero attached hydrogens (tertiary/aromatic N) is 3. The topological polar surface area (TPSA) is 93.1 Å². The fourth-order valence-electron chi connectivity index (χ4n) is 4.55. The lowest BCUT2D eigenvalue weighted by Crippen LogP contribution is -2.32. The Bertz CT molecular complexity index is 925. The molecule has 0 spiro atoms. The van der Waals surface area contributed by atoms with Gasteiger partial charge in [-0.15, -0.1) is 0 Å². The number of pyridine rings is 2. The zero-order valence-corrected chi connectivity index (χ0v) is 18.9. The minimum atomic E-state index is 0.491. The molecule has 0 aliphatic heterocycles. The molecule has 4 rings (SSSR count). The summed E-state index contributed by atoms with van der Waals surface area (Å²) in [5, 5.41) is 4.95. The van der Waals surface area contributed by atoms with Crippen LogP contribution in [0, 0.1) is 12.8 Å². The summed E-state index contributed by atoms with van der Waals surface area (Å²) in [5.74, 6) is 8.39. The van der Waals surface area contributed by atoms with Crippen LogP contribution < -0.4 is 16.9 Å². The average molecular weight is 421 g/mol. The molecule has 2 aliphatic rings. The van der Waals surface area contributed by atoms with E-state index in [1.807, 2.05) is 19.2 Å². The zero-order valence-electron chi connectivity index (χ0n) is 18.9. The van der Waals surface area contributed by atoms with E-state index >= 15 is 0 Å². The van der Waals surface area contributed by atoms with E-state index < -0.39 is 0 Å². The van der Waals surface area contributed by atoms with Crippen LogP contribution in [-0.2, 0) is 6.42 Å². The van der Waals surface area contributed by atoms with Crippen LogP contribution >= 0.6 is 0 Å². The first-order chi connectivity index (χ1) is 15.0. The van der Waals surface area contributed by atoms with Crippen molar-refractivity contribution in [1.82, 2.24) is 15.0 Å². The van der Waals surface area contributed by atoms with E-state index in [0.29, 0.717) is 18.2 Å². The van der Waals surface area contributed by atoms with E-state index in [2.05, 4.69) is 30.4 Å². The van der Waals surface area contributed by atoms with Crippen molar-refractivity contribution in [2.45, 2.75) is 64.2 Å². The summed E-state index contributed by atoms with van der Waals surface area (Å²) >= 11 is 0. The minimum absolute atomic E-state index is 0.491. The molecule has 6 heteroatoms. The van der Waals surface area contributed by atoms with E-state index in [1.165, 1.54) is 50.5 Å². The highest BCUT2D eigenvalue weighted by molar-refractivity contribution is 5.64. The predicted octanol–water partition coefficient (Wildman–Crippen LogP) is 4.33. The zero-order chi connectivity index (χ0) is 21.8. The number of hydrogen-bond acceptors (Lipinski definition) is 6. The van der Waals surface area contributed by atoms with Crippen LogP contribution in [0.2, 0.25) is 0 Å². The fraction of sp³-hybridized carbons (Fsp3) is 0.520. The first kappa shape index (κ1) is 21.6. The van der Waals surface area contributed by atoms with Crippen LogP contribution in [0.1, 0.15) is 73.5 Å². The lowest BCUT2D eigenvalue weighted by molar-refractivity contribution is 0.356. The highest BCUT2D eigenvalue weighted by atomic mass is 15.4. The van der Waals surface area contributed by atoms with Gasteiger partial charge < -0.3 is 16.1 Å². The number of likely N-dealkylation sites (N-methyl/N-ethyl adjacent to an activating group) is 1. The Morgan fingerprint density at radius 1 is 1.06 bits per heavy atom. The average Bonchev–Trinajstić information content (AvgIpc) is 3.61. The molecular weight excluding hydrogens is 384 g/mol. The summed E-state index contributed by atoms with van der Waals surface area (Å²) in [6.07, 6.45) is 10.4. The van der Waals surface area contributed by atoms with Gasteiger partial charge in [-0.3, -0.25) is 4.98 Å². The van der Waals surface area contributed by atoms with Gasteiger partial charge in [0.15, 0.2) is 0 Å². The third-order valence-corrected chi connectivity index (χ3v) is 6.64. The molecule has 2 aromatic rings. The summed E-state index contributed by atoms with van der Waals surface area (Å²) in [4.78, 5) is 9.56. The molecule has 6 nitrogen and oxygen atoms in total. The van der Waals surface area contributed by atoms with E-state index in [4.69, 9.17) is 21.5 Å². The molecule has 0 radical (unpaired) electrons. The highest BCUT2D eigenvalue weighted by Crippen LogP contribution is 2.39. The van der Waals surface area contributed by atoms with Crippen molar-refractivity contribution in [3.05, 3.63) is 58.7 Å². The normalized spacial score (nSPS) is 17.9. The number of hydrogen-bond donors (Lipinski definition) is 3. The van der Waals surface area contributed by atoms with Crippen LogP contribution in [-0.4, -0.2) is 28.6 Å². The first-order valence-electron chi connectivity index (χ1n) is 11.7. The standard InChI is InChI=1S/C25H36N6/c1-17-20(15-18-7-4-3-5-8-18)13-14-22(29-17)25(26)23(31(2)27)16-28-24-10-6-9-21(30-24)19-11-12-19/h6,9-10,13-14,18-19H,3-5,7-8,11-12,15-16,26-27H2,1-2H3,(H,28,30)/b25-23-. The smallest absolute Gasteiger partial charge is 0.126 e. The summed E-state index contributed by atoms with van der Waals surface area (Å²) < 4.78 is 0. The van der Waals surface area contributed by atoms with Gasteiger partial charge >= 0.3 is 0 Å². The van der Waals surface area contributed by atoms with Gasteiger partial charge in [0.2, 0.25) is 0 Å². The second-order valence-corrected chi connectivity index (χ2v) is 9.20. The Balaban J connectivity index is 1.47. The maximum atomic E-state index is 6.53. The second kappa shape index (κ2) is 9.69. The molecule has 0 unspecified atom stereocenters. The Kier molecular flexibility index (Phi) is 6.76. The van der Waals surface area contributed by atoms with Crippen molar-refractivity contribution in [3.8, 4) is 0 Å².